The molecule has 0 aliphatic carbocycles. The van der Waals surface area contributed by atoms with Crippen LogP contribution >= 0.6 is 15.9 Å². The number of nitrogens with zero attached hydrogens (tertiary/aromatic N) is 1. The van der Waals surface area contributed by atoms with E-state index in [-0.39, 0.29) is 12.4 Å². The van der Waals surface area contributed by atoms with E-state index in [1.165, 1.54) is 12.3 Å². The van der Waals surface area contributed by atoms with Gasteiger partial charge in [0.05, 0.1) is 23.0 Å². The maximum absolute atomic E-state index is 13.2. The van der Waals surface area contributed by atoms with Gasteiger partial charge in [0.2, 0.25) is 0 Å². The standard InChI is InChI=1S/C10H8BrFN2O/c11-8-2-1-6(3-9(8)12)10-13-4-7(5-15)14-10/h1-4,15H,5H2,(H,13,14). The van der Waals surface area contributed by atoms with Gasteiger partial charge >= 0.3 is 0 Å². The molecule has 5 heteroatoms. The Balaban J connectivity index is 2.40. The predicted octanol–water partition coefficient (Wildman–Crippen LogP) is 2.47. The van der Waals surface area contributed by atoms with Crippen molar-refractivity contribution >= 4 is 15.9 Å². The van der Waals surface area contributed by atoms with Crippen LogP contribution in [0.3, 0.4) is 0 Å². The molecule has 3 nitrogen and oxygen atoms in total. The van der Waals surface area contributed by atoms with Crippen molar-refractivity contribution in [3.8, 4) is 11.4 Å². The molecule has 0 saturated heterocycles. The van der Waals surface area contributed by atoms with Gasteiger partial charge in [-0.05, 0) is 34.1 Å². The number of aliphatic hydroxyl groups excluding tert-OH is 1. The summed E-state index contributed by atoms with van der Waals surface area (Å²) in [5.74, 6) is 0.208. The Kier molecular flexibility index (Phi) is 2.83. The zero-order valence-corrected chi connectivity index (χ0v) is 9.25. The molecule has 0 atom stereocenters. The molecule has 1 aromatic heterocycles. The summed E-state index contributed by atoms with van der Waals surface area (Å²) in [6.45, 7) is -0.105. The van der Waals surface area contributed by atoms with E-state index in [0.29, 0.717) is 21.6 Å². The first-order valence-corrected chi connectivity index (χ1v) is 5.10. The van der Waals surface area contributed by atoms with Crippen molar-refractivity contribution < 1.29 is 9.50 Å². The van der Waals surface area contributed by atoms with Crippen molar-refractivity contribution in [1.82, 2.24) is 9.97 Å². The quantitative estimate of drug-likeness (QED) is 0.881. The topological polar surface area (TPSA) is 48.9 Å². The average Bonchev–Trinajstić information content (AvgIpc) is 2.70. The zero-order chi connectivity index (χ0) is 10.8. The van der Waals surface area contributed by atoms with Crippen molar-refractivity contribution in [3.63, 3.8) is 0 Å². The van der Waals surface area contributed by atoms with E-state index in [2.05, 4.69) is 25.9 Å². The minimum atomic E-state index is -0.338. The normalized spacial score (nSPS) is 10.6. The molecular weight excluding hydrogens is 263 g/mol. The lowest BCUT2D eigenvalue weighted by molar-refractivity contribution is 0.277. The molecular formula is C10H8BrFN2O. The van der Waals surface area contributed by atoms with Gasteiger partial charge in [-0.25, -0.2) is 9.37 Å². The maximum Gasteiger partial charge on any atom is 0.138 e. The lowest BCUT2D eigenvalue weighted by Crippen LogP contribution is -1.85. The Hall–Kier alpha value is -1.20. The van der Waals surface area contributed by atoms with Gasteiger partial charge in [-0.15, -0.1) is 0 Å². The molecule has 0 spiro atoms. The molecule has 0 radical (unpaired) electrons. The summed E-state index contributed by atoms with van der Waals surface area (Å²) in [5, 5.41) is 8.84. The highest BCUT2D eigenvalue weighted by atomic mass is 79.9. The number of benzene rings is 1. The van der Waals surface area contributed by atoms with Crippen LogP contribution in [0.15, 0.2) is 28.9 Å². The molecule has 1 heterocycles. The third-order valence-corrected chi connectivity index (χ3v) is 2.63. The number of hydrogen-bond acceptors (Lipinski definition) is 2. The second-order valence-electron chi connectivity index (χ2n) is 3.04. The van der Waals surface area contributed by atoms with Crippen LogP contribution in [0.5, 0.6) is 0 Å². The molecule has 0 amide bonds. The number of rotatable bonds is 2. The van der Waals surface area contributed by atoms with Crippen LogP contribution in [0.2, 0.25) is 0 Å². The number of nitrogens with one attached hydrogen (secondary N) is 1. The summed E-state index contributed by atoms with van der Waals surface area (Å²) in [5.41, 5.74) is 1.25. The highest BCUT2D eigenvalue weighted by molar-refractivity contribution is 9.10. The number of H-pyrrole nitrogens is 1. The highest BCUT2D eigenvalue weighted by Crippen LogP contribution is 2.22. The first-order valence-electron chi connectivity index (χ1n) is 4.31. The fourth-order valence-corrected chi connectivity index (χ4v) is 1.48. The predicted molar refractivity (Wildman–Crippen MR) is 57.6 cm³/mol. The molecule has 1 aromatic carbocycles. The number of halogens is 2. The van der Waals surface area contributed by atoms with Gasteiger partial charge in [-0.3, -0.25) is 0 Å². The van der Waals surface area contributed by atoms with Crippen molar-refractivity contribution in [1.29, 1.82) is 0 Å². The second kappa shape index (κ2) is 4.12. The monoisotopic (exact) mass is 270 g/mol. The van der Waals surface area contributed by atoms with Gasteiger partial charge in [0.25, 0.3) is 0 Å². The number of hydrogen-bond donors (Lipinski definition) is 2. The minimum absolute atomic E-state index is 0.105. The highest BCUT2D eigenvalue weighted by Gasteiger charge is 2.06. The summed E-state index contributed by atoms with van der Waals surface area (Å²) in [6.07, 6.45) is 1.52. The number of aromatic nitrogens is 2. The van der Waals surface area contributed by atoms with Crippen LogP contribution in [0.4, 0.5) is 4.39 Å². The van der Waals surface area contributed by atoms with Gasteiger partial charge in [0.15, 0.2) is 0 Å². The molecule has 2 rings (SSSR count). The van der Waals surface area contributed by atoms with Crippen molar-refractivity contribution in [2.45, 2.75) is 6.61 Å². The van der Waals surface area contributed by atoms with E-state index in [4.69, 9.17) is 5.11 Å². The van der Waals surface area contributed by atoms with Gasteiger partial charge in [-0.2, -0.15) is 0 Å². The molecule has 0 aliphatic heterocycles. The van der Waals surface area contributed by atoms with E-state index in [1.54, 1.807) is 12.1 Å². The van der Waals surface area contributed by atoms with E-state index in [1.807, 2.05) is 0 Å². The lowest BCUT2D eigenvalue weighted by Gasteiger charge is -1.98. The SMILES string of the molecule is OCc1cnc(-c2ccc(Br)c(F)c2)[nH]1. The Labute approximate surface area is 94.1 Å². The van der Waals surface area contributed by atoms with Crippen LogP contribution in [0.1, 0.15) is 5.69 Å². The van der Waals surface area contributed by atoms with Crippen molar-refractivity contribution in [2.75, 3.05) is 0 Å². The third-order valence-electron chi connectivity index (χ3n) is 1.99. The van der Waals surface area contributed by atoms with Crippen LogP contribution in [-0.4, -0.2) is 15.1 Å². The fraction of sp³-hybridized carbons (Fsp3) is 0.100. The molecule has 0 fully saturated rings. The number of aliphatic hydroxyl groups is 1. The lowest BCUT2D eigenvalue weighted by atomic mass is 10.2. The van der Waals surface area contributed by atoms with E-state index in [9.17, 15) is 4.39 Å². The van der Waals surface area contributed by atoms with Gasteiger partial charge in [0, 0.05) is 5.56 Å². The fourth-order valence-electron chi connectivity index (χ4n) is 1.23. The van der Waals surface area contributed by atoms with Crippen LogP contribution in [-0.2, 0) is 6.61 Å². The maximum atomic E-state index is 13.2. The van der Waals surface area contributed by atoms with Gasteiger partial charge < -0.3 is 10.1 Å². The van der Waals surface area contributed by atoms with E-state index >= 15 is 0 Å². The number of imidazole rings is 1. The Morgan fingerprint density at radius 3 is 2.87 bits per heavy atom. The van der Waals surface area contributed by atoms with Gasteiger partial charge in [0.1, 0.15) is 11.6 Å². The summed E-state index contributed by atoms with van der Waals surface area (Å²) in [7, 11) is 0. The second-order valence-corrected chi connectivity index (χ2v) is 3.90. The first-order chi connectivity index (χ1) is 7.20. The first kappa shape index (κ1) is 10.3. The molecule has 0 aliphatic rings. The summed E-state index contributed by atoms with van der Waals surface area (Å²) in [6, 6.07) is 4.74. The number of aromatic amines is 1. The molecule has 15 heavy (non-hydrogen) atoms. The smallest absolute Gasteiger partial charge is 0.138 e. The molecule has 0 saturated carbocycles. The average molecular weight is 271 g/mol. The van der Waals surface area contributed by atoms with E-state index in [0.717, 1.165) is 0 Å². The van der Waals surface area contributed by atoms with Crippen LogP contribution < -0.4 is 0 Å². The summed E-state index contributed by atoms with van der Waals surface area (Å²) in [4.78, 5) is 6.91. The third kappa shape index (κ3) is 2.08. The molecule has 0 unspecified atom stereocenters. The van der Waals surface area contributed by atoms with Crippen LogP contribution in [0.25, 0.3) is 11.4 Å². The van der Waals surface area contributed by atoms with Gasteiger partial charge in [-0.1, -0.05) is 0 Å². The largest absolute Gasteiger partial charge is 0.390 e. The Bertz CT molecular complexity index is 484. The Morgan fingerprint density at radius 1 is 1.47 bits per heavy atom. The summed E-state index contributed by atoms with van der Waals surface area (Å²) < 4.78 is 13.6. The van der Waals surface area contributed by atoms with Crippen molar-refractivity contribution in [2.24, 2.45) is 0 Å². The molecule has 0 bridgehead atoms. The minimum Gasteiger partial charge on any atom is -0.390 e. The molecule has 78 valence electrons. The Morgan fingerprint density at radius 2 is 2.27 bits per heavy atom. The molecule has 2 aromatic rings. The molecule has 2 N–H and O–H groups in total. The van der Waals surface area contributed by atoms with Crippen LogP contribution in [0, 0.1) is 5.82 Å². The summed E-state index contributed by atoms with van der Waals surface area (Å²) >= 11 is 3.08. The zero-order valence-electron chi connectivity index (χ0n) is 7.67. The van der Waals surface area contributed by atoms with Crippen molar-refractivity contribution in [3.05, 3.63) is 40.4 Å². The van der Waals surface area contributed by atoms with E-state index < -0.39 is 0 Å².